The highest BCUT2D eigenvalue weighted by atomic mass is 16.5. The third kappa shape index (κ3) is 3.95. The molecule has 106 valence electrons. The largest absolute Gasteiger partial charge is 0.497 e. The first-order chi connectivity index (χ1) is 9.22. The third-order valence-electron chi connectivity index (χ3n) is 4.20. The van der Waals surface area contributed by atoms with E-state index in [0.29, 0.717) is 12.6 Å². The zero-order valence-corrected chi connectivity index (χ0v) is 11.9. The van der Waals surface area contributed by atoms with Crippen molar-refractivity contribution in [2.45, 2.75) is 44.8 Å². The molecule has 1 saturated carbocycles. The van der Waals surface area contributed by atoms with E-state index in [9.17, 15) is 5.11 Å². The Morgan fingerprint density at radius 1 is 1.42 bits per heavy atom. The van der Waals surface area contributed by atoms with Gasteiger partial charge in [0, 0.05) is 12.6 Å². The lowest BCUT2D eigenvalue weighted by Gasteiger charge is -2.17. The number of methoxy groups -OCH3 is 1. The van der Waals surface area contributed by atoms with Gasteiger partial charge in [-0.15, -0.1) is 0 Å². The van der Waals surface area contributed by atoms with Crippen molar-refractivity contribution in [1.29, 1.82) is 0 Å². The maximum Gasteiger partial charge on any atom is 0.119 e. The molecule has 1 aromatic carbocycles. The molecule has 0 heterocycles. The molecule has 0 aromatic heterocycles. The van der Waals surface area contributed by atoms with Gasteiger partial charge >= 0.3 is 0 Å². The Kier molecular flexibility index (Phi) is 5.23. The number of aliphatic hydroxyl groups excluding tert-OH is 1. The van der Waals surface area contributed by atoms with E-state index in [0.717, 1.165) is 17.2 Å². The molecule has 0 radical (unpaired) electrons. The molecular weight excluding hydrogens is 238 g/mol. The van der Waals surface area contributed by atoms with Gasteiger partial charge in [-0.1, -0.05) is 25.5 Å². The van der Waals surface area contributed by atoms with E-state index in [1.807, 2.05) is 24.3 Å². The standard InChI is InChI=1S/C16H25NO2/c1-3-12-7-8-14(9-12)17-11-16(18)13-5-4-6-15(10-13)19-2/h4-6,10,12,14,16-18H,3,7-9,11H2,1-2H3. The van der Waals surface area contributed by atoms with Crippen LogP contribution in [-0.2, 0) is 0 Å². The van der Waals surface area contributed by atoms with Crippen LogP contribution in [0.15, 0.2) is 24.3 Å². The molecule has 0 aliphatic heterocycles. The lowest BCUT2D eigenvalue weighted by Crippen LogP contribution is -2.30. The van der Waals surface area contributed by atoms with Crippen molar-refractivity contribution in [1.82, 2.24) is 5.32 Å². The summed E-state index contributed by atoms with van der Waals surface area (Å²) in [7, 11) is 1.65. The topological polar surface area (TPSA) is 41.5 Å². The highest BCUT2D eigenvalue weighted by Crippen LogP contribution is 2.28. The maximum absolute atomic E-state index is 10.2. The SMILES string of the molecule is CCC1CCC(NCC(O)c2cccc(OC)c2)C1. The lowest BCUT2D eigenvalue weighted by atomic mass is 10.1. The van der Waals surface area contributed by atoms with Gasteiger partial charge < -0.3 is 15.2 Å². The van der Waals surface area contributed by atoms with Gasteiger partial charge in [0.25, 0.3) is 0 Å². The minimum absolute atomic E-state index is 0.462. The lowest BCUT2D eigenvalue weighted by molar-refractivity contribution is 0.169. The van der Waals surface area contributed by atoms with Crippen molar-refractivity contribution < 1.29 is 9.84 Å². The summed E-state index contributed by atoms with van der Waals surface area (Å²) in [5.74, 6) is 1.66. The molecule has 0 bridgehead atoms. The Balaban J connectivity index is 1.82. The van der Waals surface area contributed by atoms with Crippen LogP contribution < -0.4 is 10.1 Å². The molecule has 3 nitrogen and oxygen atoms in total. The summed E-state index contributed by atoms with van der Waals surface area (Å²) in [4.78, 5) is 0. The third-order valence-corrected chi connectivity index (χ3v) is 4.20. The second-order valence-corrected chi connectivity index (χ2v) is 5.48. The normalized spacial score (nSPS) is 24.4. The zero-order valence-electron chi connectivity index (χ0n) is 11.9. The van der Waals surface area contributed by atoms with Crippen molar-refractivity contribution in [3.8, 4) is 5.75 Å². The van der Waals surface area contributed by atoms with Crippen LogP contribution in [-0.4, -0.2) is 24.8 Å². The van der Waals surface area contributed by atoms with E-state index < -0.39 is 6.10 Å². The van der Waals surface area contributed by atoms with Crippen molar-refractivity contribution in [2.24, 2.45) is 5.92 Å². The van der Waals surface area contributed by atoms with Crippen molar-refractivity contribution >= 4 is 0 Å². The second kappa shape index (κ2) is 6.92. The summed E-state index contributed by atoms with van der Waals surface area (Å²) >= 11 is 0. The van der Waals surface area contributed by atoms with Gasteiger partial charge in [-0.25, -0.2) is 0 Å². The number of hydrogen-bond donors (Lipinski definition) is 2. The smallest absolute Gasteiger partial charge is 0.119 e. The highest BCUT2D eigenvalue weighted by molar-refractivity contribution is 5.29. The Bertz CT molecular complexity index is 394. The van der Waals surface area contributed by atoms with Crippen LogP contribution in [0.5, 0.6) is 5.75 Å². The fraction of sp³-hybridized carbons (Fsp3) is 0.625. The molecule has 3 unspecified atom stereocenters. The van der Waals surface area contributed by atoms with Gasteiger partial charge in [0.2, 0.25) is 0 Å². The van der Waals surface area contributed by atoms with Gasteiger partial charge in [-0.3, -0.25) is 0 Å². The van der Waals surface area contributed by atoms with Crippen LogP contribution in [0.4, 0.5) is 0 Å². The molecule has 3 heteroatoms. The molecule has 1 aliphatic rings. The molecule has 0 spiro atoms. The van der Waals surface area contributed by atoms with E-state index in [4.69, 9.17) is 4.74 Å². The summed E-state index contributed by atoms with van der Waals surface area (Å²) in [6.07, 6.45) is 4.63. The summed E-state index contributed by atoms with van der Waals surface area (Å²) in [6, 6.07) is 8.23. The minimum atomic E-state index is -0.462. The minimum Gasteiger partial charge on any atom is -0.497 e. The van der Waals surface area contributed by atoms with Crippen LogP contribution in [0.3, 0.4) is 0 Å². The first kappa shape index (κ1) is 14.4. The first-order valence-electron chi connectivity index (χ1n) is 7.28. The molecule has 0 saturated heterocycles. The van der Waals surface area contributed by atoms with Gasteiger partial charge in [-0.2, -0.15) is 0 Å². The van der Waals surface area contributed by atoms with Crippen molar-refractivity contribution in [3.05, 3.63) is 29.8 Å². The monoisotopic (exact) mass is 263 g/mol. The predicted molar refractivity (Wildman–Crippen MR) is 77.4 cm³/mol. The fourth-order valence-corrected chi connectivity index (χ4v) is 2.88. The molecule has 2 N–H and O–H groups in total. The molecule has 0 amide bonds. The van der Waals surface area contributed by atoms with E-state index >= 15 is 0 Å². The summed E-state index contributed by atoms with van der Waals surface area (Å²) in [5, 5.41) is 13.7. The van der Waals surface area contributed by atoms with Gasteiger partial charge in [0.15, 0.2) is 0 Å². The number of hydrogen-bond acceptors (Lipinski definition) is 3. The average Bonchev–Trinajstić information content (AvgIpc) is 2.93. The van der Waals surface area contributed by atoms with Gasteiger partial charge in [0.05, 0.1) is 13.2 Å². The van der Waals surface area contributed by atoms with Gasteiger partial charge in [-0.05, 0) is 42.9 Å². The predicted octanol–water partition coefficient (Wildman–Crippen LogP) is 2.90. The molecular formula is C16H25NO2. The average molecular weight is 263 g/mol. The molecule has 1 fully saturated rings. The molecule has 2 rings (SSSR count). The van der Waals surface area contributed by atoms with Crippen molar-refractivity contribution in [2.75, 3.05) is 13.7 Å². The molecule has 1 aliphatic carbocycles. The van der Waals surface area contributed by atoms with Crippen LogP contribution in [0, 0.1) is 5.92 Å². The van der Waals surface area contributed by atoms with Crippen LogP contribution in [0.2, 0.25) is 0 Å². The Hall–Kier alpha value is -1.06. The van der Waals surface area contributed by atoms with E-state index in [2.05, 4.69) is 12.2 Å². The van der Waals surface area contributed by atoms with E-state index in [-0.39, 0.29) is 0 Å². The fourth-order valence-electron chi connectivity index (χ4n) is 2.88. The Morgan fingerprint density at radius 3 is 2.95 bits per heavy atom. The number of aliphatic hydroxyl groups is 1. The number of benzene rings is 1. The van der Waals surface area contributed by atoms with E-state index in [1.165, 1.54) is 25.7 Å². The maximum atomic E-state index is 10.2. The highest BCUT2D eigenvalue weighted by Gasteiger charge is 2.23. The summed E-state index contributed by atoms with van der Waals surface area (Å²) < 4.78 is 5.18. The number of nitrogens with one attached hydrogen (secondary N) is 1. The van der Waals surface area contributed by atoms with Crippen molar-refractivity contribution in [3.63, 3.8) is 0 Å². The van der Waals surface area contributed by atoms with Crippen LogP contribution in [0.25, 0.3) is 0 Å². The van der Waals surface area contributed by atoms with Crippen LogP contribution >= 0.6 is 0 Å². The Morgan fingerprint density at radius 2 is 2.26 bits per heavy atom. The van der Waals surface area contributed by atoms with Crippen LogP contribution in [0.1, 0.15) is 44.3 Å². The quantitative estimate of drug-likeness (QED) is 0.829. The molecule has 3 atom stereocenters. The summed E-state index contributed by atoms with van der Waals surface area (Å²) in [6.45, 7) is 2.88. The molecule has 1 aromatic rings. The number of rotatable bonds is 6. The second-order valence-electron chi connectivity index (χ2n) is 5.48. The zero-order chi connectivity index (χ0) is 13.7. The number of ether oxygens (including phenoxy) is 1. The summed E-state index contributed by atoms with van der Waals surface area (Å²) in [5.41, 5.74) is 0.914. The van der Waals surface area contributed by atoms with Gasteiger partial charge in [0.1, 0.15) is 5.75 Å². The molecule has 19 heavy (non-hydrogen) atoms. The van der Waals surface area contributed by atoms with E-state index in [1.54, 1.807) is 7.11 Å². The Labute approximate surface area is 116 Å². The first-order valence-corrected chi connectivity index (χ1v) is 7.28.